The largest absolute Gasteiger partial charge is 0.480 e. The van der Waals surface area contributed by atoms with Crippen molar-refractivity contribution in [3.05, 3.63) is 0 Å². The first kappa shape index (κ1) is 12.3. The Morgan fingerprint density at radius 1 is 1.54 bits per heavy atom. The fraction of sp³-hybridized carbons (Fsp3) is 0.714. The molecule has 0 bridgehead atoms. The minimum atomic E-state index is -1.10. The Kier molecular flexibility index (Phi) is 5.58. The lowest BCUT2D eigenvalue weighted by atomic mass is 10.2. The van der Waals surface area contributed by atoms with E-state index in [1.807, 2.05) is 0 Å². The number of aliphatic carboxylic acids is 1. The molecule has 0 aromatic rings. The minimum absolute atomic E-state index is 0.271. The molecular weight excluding hydrogens is 193 g/mol. The number of rotatable bonds is 5. The summed E-state index contributed by atoms with van der Waals surface area (Å²) in [7, 11) is -1.10. The third-order valence-electron chi connectivity index (χ3n) is 1.42. The zero-order valence-corrected chi connectivity index (χ0v) is 8.54. The predicted molar refractivity (Wildman–Crippen MR) is 49.8 cm³/mol. The summed E-state index contributed by atoms with van der Waals surface area (Å²) in [5, 5.41) is 10.9. The lowest BCUT2D eigenvalue weighted by Gasteiger charge is -2.13. The van der Waals surface area contributed by atoms with E-state index in [1.165, 1.54) is 6.92 Å². The molecule has 13 heavy (non-hydrogen) atoms. The maximum atomic E-state index is 10.6. The van der Waals surface area contributed by atoms with Crippen LogP contribution in [0.4, 0.5) is 0 Å². The molecule has 2 atom stereocenters. The van der Waals surface area contributed by atoms with Crippen molar-refractivity contribution < 1.29 is 19.6 Å². The van der Waals surface area contributed by atoms with Crippen LogP contribution in [0, 0.1) is 0 Å². The number of hydrogen-bond donors (Lipinski definition) is 3. The summed E-state index contributed by atoms with van der Waals surface area (Å²) in [6, 6.07) is -0.880. The number of nitrogens with one attached hydrogen (secondary N) is 1. The third kappa shape index (κ3) is 6.49. The molecule has 3 N–H and O–H groups in total. The van der Waals surface area contributed by atoms with Crippen LogP contribution in [-0.4, -0.2) is 40.7 Å². The van der Waals surface area contributed by atoms with Crippen LogP contribution in [0.25, 0.3) is 0 Å². The second-order valence-electron chi connectivity index (χ2n) is 2.76. The van der Waals surface area contributed by atoms with Crippen molar-refractivity contribution in [3.8, 4) is 0 Å². The summed E-state index contributed by atoms with van der Waals surface area (Å²) in [4.78, 5) is 30.1. The highest BCUT2D eigenvalue weighted by Crippen LogP contribution is 2.24. The van der Waals surface area contributed by atoms with Crippen LogP contribution >= 0.6 is 8.15 Å². The molecule has 0 aliphatic heterocycles. The summed E-state index contributed by atoms with van der Waals surface area (Å²) in [6.07, 6.45) is 0.695. The number of hydrogen-bond acceptors (Lipinski definition) is 3. The Morgan fingerprint density at radius 3 is 2.38 bits per heavy atom. The van der Waals surface area contributed by atoms with Crippen LogP contribution in [-0.2, 0) is 9.59 Å². The average molecular weight is 207 g/mol. The van der Waals surface area contributed by atoms with Gasteiger partial charge < -0.3 is 15.3 Å². The lowest BCUT2D eigenvalue weighted by molar-refractivity contribution is -0.141. The Hall–Kier alpha value is -0.670. The van der Waals surface area contributed by atoms with Crippen LogP contribution in [0.3, 0.4) is 0 Å². The first-order chi connectivity index (χ1) is 5.93. The molecule has 0 spiro atoms. The van der Waals surface area contributed by atoms with Crippen LogP contribution in [0.5, 0.6) is 0 Å². The quantitative estimate of drug-likeness (QED) is 0.553. The van der Waals surface area contributed by atoms with Gasteiger partial charge in [-0.25, -0.2) is 4.79 Å². The van der Waals surface area contributed by atoms with E-state index in [2.05, 4.69) is 5.32 Å². The van der Waals surface area contributed by atoms with Gasteiger partial charge in [-0.2, -0.15) is 0 Å². The van der Waals surface area contributed by atoms with E-state index in [-0.39, 0.29) is 12.3 Å². The van der Waals surface area contributed by atoms with Gasteiger partial charge in [0, 0.05) is 15.1 Å². The summed E-state index contributed by atoms with van der Waals surface area (Å²) in [6.45, 7) is 2.91. The molecule has 0 aliphatic rings. The van der Waals surface area contributed by atoms with Gasteiger partial charge in [0.1, 0.15) is 6.04 Å². The molecule has 1 amide bonds. The van der Waals surface area contributed by atoms with Crippen molar-refractivity contribution in [1.29, 1.82) is 0 Å². The summed E-state index contributed by atoms with van der Waals surface area (Å²) in [5.74, 6) is -1.43. The second kappa shape index (κ2) is 5.89. The first-order valence-corrected chi connectivity index (χ1v) is 5.76. The van der Waals surface area contributed by atoms with Gasteiger partial charge in [0.25, 0.3) is 0 Å². The van der Waals surface area contributed by atoms with Crippen molar-refractivity contribution in [2.45, 2.75) is 19.4 Å². The summed E-state index contributed by atoms with van der Waals surface area (Å²) >= 11 is 0. The molecule has 0 rings (SSSR count). The summed E-state index contributed by atoms with van der Waals surface area (Å²) < 4.78 is 0. The van der Waals surface area contributed by atoms with Crippen LogP contribution in [0.15, 0.2) is 0 Å². The van der Waals surface area contributed by atoms with E-state index in [4.69, 9.17) is 10.00 Å². The highest BCUT2D eigenvalue weighted by atomic mass is 31.1. The van der Waals surface area contributed by atoms with Gasteiger partial charge >= 0.3 is 5.97 Å². The normalized spacial score (nSPS) is 14.7. The topological polar surface area (TPSA) is 86.6 Å². The SMILES string of the molecule is CC(=O)NC(CCP(C)O)C(=O)O. The zero-order valence-electron chi connectivity index (χ0n) is 7.65. The maximum Gasteiger partial charge on any atom is 0.326 e. The molecule has 0 saturated heterocycles. The second-order valence-corrected chi connectivity index (χ2v) is 4.52. The molecule has 0 fully saturated rings. The highest BCUT2D eigenvalue weighted by Gasteiger charge is 2.18. The molecule has 0 aromatic heterocycles. The monoisotopic (exact) mass is 207 g/mol. The Balaban J connectivity index is 3.95. The third-order valence-corrected chi connectivity index (χ3v) is 2.32. The standard InChI is InChI=1S/C7H14NO4P/c1-5(9)8-6(7(10)11)3-4-13(2)12/h6,12H,3-4H2,1-2H3,(H,8,9)(H,10,11). The summed E-state index contributed by atoms with van der Waals surface area (Å²) in [5.41, 5.74) is 0. The van der Waals surface area contributed by atoms with Gasteiger partial charge in [0.15, 0.2) is 0 Å². The molecule has 0 aromatic carbocycles. The number of carbonyl (C=O) groups is 2. The van der Waals surface area contributed by atoms with E-state index in [1.54, 1.807) is 6.66 Å². The van der Waals surface area contributed by atoms with Crippen molar-refractivity contribution in [2.24, 2.45) is 0 Å². The average Bonchev–Trinajstić information content (AvgIpc) is 1.96. The van der Waals surface area contributed by atoms with Crippen LogP contribution in [0.2, 0.25) is 0 Å². The Bertz CT molecular complexity index is 195. The molecule has 0 radical (unpaired) electrons. The molecule has 0 saturated carbocycles. The molecule has 76 valence electrons. The molecular formula is C7H14NO4P. The number of carbonyl (C=O) groups excluding carboxylic acids is 1. The van der Waals surface area contributed by atoms with Gasteiger partial charge in [0.2, 0.25) is 5.91 Å². The van der Waals surface area contributed by atoms with Gasteiger partial charge in [-0.1, -0.05) is 0 Å². The first-order valence-electron chi connectivity index (χ1n) is 3.83. The van der Waals surface area contributed by atoms with Crippen molar-refractivity contribution in [1.82, 2.24) is 5.32 Å². The number of amides is 1. The van der Waals surface area contributed by atoms with E-state index >= 15 is 0 Å². The van der Waals surface area contributed by atoms with E-state index < -0.39 is 20.2 Å². The highest BCUT2D eigenvalue weighted by molar-refractivity contribution is 7.50. The maximum absolute atomic E-state index is 10.6. The van der Waals surface area contributed by atoms with Crippen molar-refractivity contribution >= 4 is 20.0 Å². The van der Waals surface area contributed by atoms with E-state index in [9.17, 15) is 9.59 Å². The molecule has 2 unspecified atom stereocenters. The number of carboxylic acids is 1. The van der Waals surface area contributed by atoms with Crippen LogP contribution < -0.4 is 5.32 Å². The molecule has 0 heterocycles. The minimum Gasteiger partial charge on any atom is -0.480 e. The number of carboxylic acid groups (broad SMARTS) is 1. The van der Waals surface area contributed by atoms with E-state index in [0.29, 0.717) is 6.16 Å². The van der Waals surface area contributed by atoms with Crippen molar-refractivity contribution in [3.63, 3.8) is 0 Å². The smallest absolute Gasteiger partial charge is 0.326 e. The van der Waals surface area contributed by atoms with Crippen molar-refractivity contribution in [2.75, 3.05) is 12.8 Å². The Morgan fingerprint density at radius 2 is 2.08 bits per heavy atom. The van der Waals surface area contributed by atoms with Gasteiger partial charge in [-0.05, 0) is 19.2 Å². The van der Waals surface area contributed by atoms with Gasteiger partial charge in [-0.15, -0.1) is 0 Å². The van der Waals surface area contributed by atoms with Gasteiger partial charge in [0.05, 0.1) is 0 Å². The molecule has 6 heteroatoms. The fourth-order valence-electron chi connectivity index (χ4n) is 0.819. The predicted octanol–water partition coefficient (Wildman–Crippen LogP) is -0.0152. The fourth-order valence-corrected chi connectivity index (χ4v) is 1.45. The van der Waals surface area contributed by atoms with Crippen LogP contribution in [0.1, 0.15) is 13.3 Å². The van der Waals surface area contributed by atoms with E-state index in [0.717, 1.165) is 0 Å². The molecule has 0 aliphatic carbocycles. The van der Waals surface area contributed by atoms with Gasteiger partial charge in [-0.3, -0.25) is 4.79 Å². The molecule has 5 nitrogen and oxygen atoms in total. The zero-order chi connectivity index (χ0) is 10.4. The Labute approximate surface area is 78.0 Å². The lowest BCUT2D eigenvalue weighted by Crippen LogP contribution is -2.39.